The van der Waals surface area contributed by atoms with E-state index in [-0.39, 0.29) is 22.8 Å². The second-order valence-electron chi connectivity index (χ2n) is 6.87. The van der Waals surface area contributed by atoms with Crippen molar-refractivity contribution < 1.29 is 19.4 Å². The number of nitro benzene ring substituents is 2. The van der Waals surface area contributed by atoms with Crippen molar-refractivity contribution in [1.82, 2.24) is 0 Å². The Morgan fingerprint density at radius 3 is 2.54 bits per heavy atom. The number of non-ortho nitro benzene ring substituents is 1. The molecule has 35 heavy (non-hydrogen) atoms. The second kappa shape index (κ2) is 12.1. The largest absolute Gasteiger partial charge is 0.494 e. The Morgan fingerprint density at radius 2 is 2.00 bits per heavy atom. The molecule has 2 aromatic carbocycles. The summed E-state index contributed by atoms with van der Waals surface area (Å²) < 4.78 is 5.45. The van der Waals surface area contributed by atoms with Gasteiger partial charge in [-0.1, -0.05) is 17.7 Å². The number of carbonyl (C=O) groups is 1. The maximum atomic E-state index is 11.8. The molecule has 0 radical (unpaired) electrons. The number of nitro groups is 2. The van der Waals surface area contributed by atoms with Crippen LogP contribution in [0.1, 0.15) is 13.3 Å². The highest BCUT2D eigenvalue weighted by Crippen LogP contribution is 2.42. The summed E-state index contributed by atoms with van der Waals surface area (Å²) in [7, 11) is 1.41. The molecule has 0 aliphatic heterocycles. The molecule has 0 saturated heterocycles. The predicted octanol–water partition coefficient (Wildman–Crippen LogP) is 5.44. The summed E-state index contributed by atoms with van der Waals surface area (Å²) in [6.45, 7) is 5.72. The van der Waals surface area contributed by atoms with Crippen molar-refractivity contribution in [3.63, 3.8) is 0 Å². The van der Waals surface area contributed by atoms with E-state index in [1.165, 1.54) is 20.1 Å². The van der Waals surface area contributed by atoms with E-state index in [1.54, 1.807) is 17.0 Å². The van der Waals surface area contributed by atoms with E-state index in [0.717, 1.165) is 12.1 Å². The average Bonchev–Trinajstić information content (AvgIpc) is 2.80. The van der Waals surface area contributed by atoms with Crippen LogP contribution in [0, 0.1) is 31.6 Å². The molecule has 0 fully saturated rings. The summed E-state index contributed by atoms with van der Waals surface area (Å²) in [4.78, 5) is 34.4. The molecule has 1 amide bonds. The molecule has 0 aliphatic rings. The van der Waals surface area contributed by atoms with Crippen molar-refractivity contribution in [1.29, 1.82) is 5.26 Å². The molecule has 0 saturated carbocycles. The maximum Gasteiger partial charge on any atom is 0.305 e. The SMILES string of the molecule is C=CCN(CCC#N)c1cc(NC(C)=O)c(N=Nc2c(Cl)cc([N+](=O)[O-])cc2[N+](=O)[O-])cc1OC. The topological polar surface area (TPSA) is 176 Å². The first-order chi connectivity index (χ1) is 16.6. The Balaban J connectivity index is 2.67. The van der Waals surface area contributed by atoms with E-state index in [4.69, 9.17) is 21.6 Å². The van der Waals surface area contributed by atoms with E-state index in [0.29, 0.717) is 24.5 Å². The van der Waals surface area contributed by atoms with Crippen LogP contribution >= 0.6 is 11.6 Å². The lowest BCUT2D eigenvalue weighted by molar-refractivity contribution is -0.393. The van der Waals surface area contributed by atoms with Crippen molar-refractivity contribution in [2.75, 3.05) is 30.4 Å². The van der Waals surface area contributed by atoms with Crippen LogP contribution in [0.15, 0.2) is 47.1 Å². The number of nitrogens with one attached hydrogen (secondary N) is 1. The van der Waals surface area contributed by atoms with Crippen molar-refractivity contribution >= 4 is 51.6 Å². The Labute approximate surface area is 204 Å². The third-order valence-corrected chi connectivity index (χ3v) is 4.77. The van der Waals surface area contributed by atoms with Gasteiger partial charge in [0.2, 0.25) is 5.91 Å². The number of azo groups is 1. The molecule has 13 nitrogen and oxygen atoms in total. The monoisotopic (exact) mass is 501 g/mol. The summed E-state index contributed by atoms with van der Waals surface area (Å²) in [5.41, 5.74) is -0.894. The van der Waals surface area contributed by atoms with E-state index in [2.05, 4.69) is 28.2 Å². The van der Waals surface area contributed by atoms with Crippen LogP contribution in [-0.2, 0) is 4.79 Å². The van der Waals surface area contributed by atoms with Crippen molar-refractivity contribution in [3.05, 3.63) is 62.2 Å². The van der Waals surface area contributed by atoms with Gasteiger partial charge in [-0.2, -0.15) is 5.26 Å². The number of rotatable bonds is 11. The van der Waals surface area contributed by atoms with Crippen LogP contribution in [-0.4, -0.2) is 36.0 Å². The summed E-state index contributed by atoms with van der Waals surface area (Å²) in [6.07, 6.45) is 1.86. The third-order valence-electron chi connectivity index (χ3n) is 4.48. The van der Waals surface area contributed by atoms with E-state index in [9.17, 15) is 25.0 Å². The minimum Gasteiger partial charge on any atom is -0.494 e. The Hall–Kier alpha value is -4.57. The van der Waals surface area contributed by atoms with E-state index >= 15 is 0 Å². The molecule has 0 unspecified atom stereocenters. The van der Waals surface area contributed by atoms with Gasteiger partial charge in [0.25, 0.3) is 5.69 Å². The molecular formula is C21H20ClN7O6. The van der Waals surface area contributed by atoms with Crippen LogP contribution < -0.4 is 15.0 Å². The quantitative estimate of drug-likeness (QED) is 0.183. The highest BCUT2D eigenvalue weighted by Gasteiger charge is 2.24. The van der Waals surface area contributed by atoms with Crippen molar-refractivity contribution in [2.24, 2.45) is 10.2 Å². The zero-order valence-corrected chi connectivity index (χ0v) is 19.5. The predicted molar refractivity (Wildman–Crippen MR) is 129 cm³/mol. The number of carbonyl (C=O) groups excluding carboxylic acids is 1. The zero-order valence-electron chi connectivity index (χ0n) is 18.7. The van der Waals surface area contributed by atoms with Gasteiger partial charge in [-0.15, -0.1) is 16.8 Å². The normalized spacial score (nSPS) is 10.5. The van der Waals surface area contributed by atoms with Gasteiger partial charge in [-0.05, 0) is 6.07 Å². The number of hydrogen-bond acceptors (Lipinski definition) is 10. The van der Waals surface area contributed by atoms with Gasteiger partial charge in [0, 0.05) is 32.1 Å². The Morgan fingerprint density at radius 1 is 1.29 bits per heavy atom. The van der Waals surface area contributed by atoms with E-state index < -0.39 is 32.8 Å². The van der Waals surface area contributed by atoms with Crippen molar-refractivity contribution in [3.8, 4) is 11.8 Å². The Kier molecular flexibility index (Phi) is 9.19. The lowest BCUT2D eigenvalue weighted by Crippen LogP contribution is -2.25. The molecule has 0 bridgehead atoms. The minimum absolute atomic E-state index is 0.0725. The van der Waals surface area contributed by atoms with Gasteiger partial charge in [0.05, 0.1) is 51.9 Å². The molecule has 2 rings (SSSR count). The molecule has 0 aliphatic carbocycles. The van der Waals surface area contributed by atoms with Crippen LogP contribution in [0.4, 0.5) is 34.1 Å². The third kappa shape index (κ3) is 6.71. The lowest BCUT2D eigenvalue weighted by Gasteiger charge is -2.25. The van der Waals surface area contributed by atoms with Gasteiger partial charge < -0.3 is 15.0 Å². The number of nitriles is 1. The van der Waals surface area contributed by atoms with Gasteiger partial charge in [0.15, 0.2) is 5.69 Å². The van der Waals surface area contributed by atoms with E-state index in [1.807, 2.05) is 0 Å². The van der Waals surface area contributed by atoms with Crippen LogP contribution in [0.3, 0.4) is 0 Å². The lowest BCUT2D eigenvalue weighted by atomic mass is 10.2. The molecule has 0 aromatic heterocycles. The molecule has 182 valence electrons. The maximum absolute atomic E-state index is 11.8. The number of anilines is 2. The summed E-state index contributed by atoms with van der Waals surface area (Å²) in [6, 6.07) is 6.70. The number of ether oxygens (including phenoxy) is 1. The fourth-order valence-corrected chi connectivity index (χ4v) is 3.26. The highest BCUT2D eigenvalue weighted by atomic mass is 35.5. The molecule has 14 heteroatoms. The Bertz CT molecular complexity index is 1240. The second-order valence-corrected chi connectivity index (χ2v) is 7.28. The summed E-state index contributed by atoms with van der Waals surface area (Å²) >= 11 is 6.02. The molecule has 0 atom stereocenters. The molecule has 1 N–H and O–H groups in total. The first-order valence-electron chi connectivity index (χ1n) is 9.89. The first kappa shape index (κ1) is 26.7. The molecular weight excluding hydrogens is 482 g/mol. The first-order valence-corrected chi connectivity index (χ1v) is 10.3. The standard InChI is InChI=1S/C21H20ClN7O6/c1-4-7-27(8-5-6-23)18-11-16(24-13(2)30)17(12-20(18)35-3)25-26-21-15(22)9-14(28(31)32)10-19(21)29(33)34/h4,9-12H,1,5,7-8H2,2-3H3,(H,24,30). The molecule has 0 spiro atoms. The van der Waals surface area contributed by atoms with Gasteiger partial charge in [-0.3, -0.25) is 25.0 Å². The fourth-order valence-electron chi connectivity index (χ4n) is 3.01. The van der Waals surface area contributed by atoms with Crippen LogP contribution in [0.5, 0.6) is 5.75 Å². The number of methoxy groups -OCH3 is 1. The van der Waals surface area contributed by atoms with Gasteiger partial charge >= 0.3 is 5.69 Å². The molecule has 0 heterocycles. The number of benzene rings is 2. The average molecular weight is 502 g/mol. The minimum atomic E-state index is -0.867. The fraction of sp³-hybridized carbons (Fsp3) is 0.238. The zero-order chi connectivity index (χ0) is 26.1. The highest BCUT2D eigenvalue weighted by molar-refractivity contribution is 6.33. The number of halogens is 1. The van der Waals surface area contributed by atoms with Crippen LogP contribution in [0.25, 0.3) is 0 Å². The smallest absolute Gasteiger partial charge is 0.305 e. The van der Waals surface area contributed by atoms with Gasteiger partial charge in [0.1, 0.15) is 11.4 Å². The van der Waals surface area contributed by atoms with Gasteiger partial charge in [-0.25, -0.2) is 0 Å². The molecule has 2 aromatic rings. The van der Waals surface area contributed by atoms with Crippen molar-refractivity contribution in [2.45, 2.75) is 13.3 Å². The number of nitrogens with zero attached hydrogens (tertiary/aromatic N) is 6. The number of hydrogen-bond donors (Lipinski definition) is 1. The van der Waals surface area contributed by atoms with Crippen LogP contribution in [0.2, 0.25) is 5.02 Å². The summed E-state index contributed by atoms with van der Waals surface area (Å²) in [5, 5.41) is 41.6. The number of amides is 1. The summed E-state index contributed by atoms with van der Waals surface area (Å²) in [5.74, 6) is -0.110.